The van der Waals surface area contributed by atoms with Gasteiger partial charge in [0.05, 0.1) is 4.92 Å². The smallest absolute Gasteiger partial charge is 0.293 e. The Morgan fingerprint density at radius 3 is 2.37 bits per heavy atom. The molecule has 0 heterocycles. The molecule has 5 heteroatoms. The molecule has 5 nitrogen and oxygen atoms in total. The fourth-order valence-electron chi connectivity index (χ4n) is 1.86. The second-order valence-corrected chi connectivity index (χ2v) is 4.00. The van der Waals surface area contributed by atoms with Gasteiger partial charge >= 0.3 is 0 Å². The third kappa shape index (κ3) is 2.77. The number of amides is 1. The Morgan fingerprint density at radius 2 is 1.79 bits per heavy atom. The van der Waals surface area contributed by atoms with Gasteiger partial charge in [-0.05, 0) is 5.56 Å². The van der Waals surface area contributed by atoms with Gasteiger partial charge in [0.25, 0.3) is 5.69 Å². The predicted molar refractivity (Wildman–Crippen MR) is 72.8 cm³/mol. The van der Waals surface area contributed by atoms with E-state index < -0.39 is 4.92 Å². The molecule has 0 atom stereocenters. The van der Waals surface area contributed by atoms with Crippen LogP contribution in [0.4, 0.5) is 11.4 Å². The van der Waals surface area contributed by atoms with Crippen molar-refractivity contribution in [3.8, 4) is 11.1 Å². The van der Waals surface area contributed by atoms with Crippen LogP contribution >= 0.6 is 0 Å². The summed E-state index contributed by atoms with van der Waals surface area (Å²) in [5.41, 5.74) is 1.56. The Bertz CT molecular complexity index is 624. The summed E-state index contributed by atoms with van der Waals surface area (Å²) in [5.74, 6) is -0.341. The zero-order valence-electron chi connectivity index (χ0n) is 10.3. The molecule has 2 aromatic carbocycles. The van der Waals surface area contributed by atoms with E-state index in [2.05, 4.69) is 5.32 Å². The molecular weight excluding hydrogens is 244 g/mol. The van der Waals surface area contributed by atoms with E-state index in [1.54, 1.807) is 12.1 Å². The minimum absolute atomic E-state index is 0.114. The Labute approximate surface area is 110 Å². The first-order chi connectivity index (χ1) is 9.09. The van der Waals surface area contributed by atoms with Crippen molar-refractivity contribution >= 4 is 17.3 Å². The predicted octanol–water partition coefficient (Wildman–Crippen LogP) is 3.22. The van der Waals surface area contributed by atoms with Gasteiger partial charge in [-0.2, -0.15) is 0 Å². The fourth-order valence-corrected chi connectivity index (χ4v) is 1.86. The molecule has 0 spiro atoms. The van der Waals surface area contributed by atoms with Crippen LogP contribution in [0, 0.1) is 10.1 Å². The van der Waals surface area contributed by atoms with E-state index in [1.165, 1.54) is 13.0 Å². The molecule has 1 N–H and O–H groups in total. The maximum absolute atomic E-state index is 11.2. The van der Waals surface area contributed by atoms with E-state index in [-0.39, 0.29) is 17.3 Å². The van der Waals surface area contributed by atoms with Crippen molar-refractivity contribution in [2.45, 2.75) is 6.92 Å². The maximum Gasteiger partial charge on any atom is 0.293 e. The first-order valence-electron chi connectivity index (χ1n) is 5.70. The number of nitro benzene ring substituents is 1. The SMILES string of the molecule is CC(=O)Nc1c(-c2ccccc2)cccc1[N+](=O)[O-]. The average Bonchev–Trinajstić information content (AvgIpc) is 2.39. The highest BCUT2D eigenvalue weighted by Gasteiger charge is 2.19. The normalized spacial score (nSPS) is 9.95. The Kier molecular flexibility index (Phi) is 3.56. The minimum atomic E-state index is -0.502. The lowest BCUT2D eigenvalue weighted by molar-refractivity contribution is -0.383. The molecule has 0 saturated heterocycles. The molecule has 0 aliphatic rings. The maximum atomic E-state index is 11.2. The van der Waals surface area contributed by atoms with Gasteiger partial charge in [-0.1, -0.05) is 42.5 Å². The van der Waals surface area contributed by atoms with Gasteiger partial charge in [0.2, 0.25) is 5.91 Å². The summed E-state index contributed by atoms with van der Waals surface area (Å²) in [4.78, 5) is 21.8. The summed E-state index contributed by atoms with van der Waals surface area (Å²) in [6, 6.07) is 13.9. The first-order valence-corrected chi connectivity index (χ1v) is 5.70. The molecule has 96 valence electrons. The zero-order chi connectivity index (χ0) is 13.8. The van der Waals surface area contributed by atoms with Crippen LogP contribution in [0.5, 0.6) is 0 Å². The van der Waals surface area contributed by atoms with E-state index in [1.807, 2.05) is 30.3 Å². The van der Waals surface area contributed by atoms with Crippen LogP contribution in [-0.2, 0) is 4.79 Å². The lowest BCUT2D eigenvalue weighted by Gasteiger charge is -2.10. The lowest BCUT2D eigenvalue weighted by Crippen LogP contribution is -2.09. The van der Waals surface area contributed by atoms with Gasteiger partial charge in [-0.25, -0.2) is 0 Å². The summed E-state index contributed by atoms with van der Waals surface area (Å²) >= 11 is 0. The van der Waals surface area contributed by atoms with Gasteiger partial charge in [0.1, 0.15) is 5.69 Å². The number of carbonyl (C=O) groups is 1. The van der Waals surface area contributed by atoms with Crippen molar-refractivity contribution in [3.63, 3.8) is 0 Å². The number of anilines is 1. The van der Waals surface area contributed by atoms with Gasteiger partial charge in [0.15, 0.2) is 0 Å². The Hall–Kier alpha value is -2.69. The standard InChI is InChI=1S/C14H12N2O3/c1-10(17)15-14-12(11-6-3-2-4-7-11)8-5-9-13(14)16(18)19/h2-9H,1H3,(H,15,17). The molecule has 0 aliphatic heterocycles. The molecule has 0 saturated carbocycles. The number of hydrogen-bond acceptors (Lipinski definition) is 3. The monoisotopic (exact) mass is 256 g/mol. The summed E-state index contributed by atoms with van der Waals surface area (Å²) in [6.07, 6.45) is 0. The van der Waals surface area contributed by atoms with Crippen LogP contribution in [0.15, 0.2) is 48.5 Å². The summed E-state index contributed by atoms with van der Waals surface area (Å²) < 4.78 is 0. The highest BCUT2D eigenvalue weighted by Crippen LogP contribution is 2.35. The van der Waals surface area contributed by atoms with Gasteiger partial charge in [0, 0.05) is 18.6 Å². The Morgan fingerprint density at radius 1 is 1.11 bits per heavy atom. The van der Waals surface area contributed by atoms with Crippen molar-refractivity contribution < 1.29 is 9.72 Å². The van der Waals surface area contributed by atoms with Crippen molar-refractivity contribution in [2.75, 3.05) is 5.32 Å². The number of para-hydroxylation sites is 1. The fraction of sp³-hybridized carbons (Fsp3) is 0.0714. The van der Waals surface area contributed by atoms with Crippen LogP contribution in [-0.4, -0.2) is 10.8 Å². The quantitative estimate of drug-likeness (QED) is 0.677. The second kappa shape index (κ2) is 5.30. The minimum Gasteiger partial charge on any atom is -0.320 e. The lowest BCUT2D eigenvalue weighted by atomic mass is 10.0. The highest BCUT2D eigenvalue weighted by atomic mass is 16.6. The van der Waals surface area contributed by atoms with Crippen molar-refractivity contribution in [1.82, 2.24) is 0 Å². The number of benzene rings is 2. The van der Waals surface area contributed by atoms with Gasteiger partial charge < -0.3 is 5.32 Å². The number of nitrogens with zero attached hydrogens (tertiary/aromatic N) is 1. The first kappa shape index (κ1) is 12.8. The number of nitrogens with one attached hydrogen (secondary N) is 1. The van der Waals surface area contributed by atoms with Crippen LogP contribution in [0.1, 0.15) is 6.92 Å². The van der Waals surface area contributed by atoms with Crippen LogP contribution < -0.4 is 5.32 Å². The third-order valence-electron chi connectivity index (χ3n) is 2.62. The molecule has 0 bridgehead atoms. The van der Waals surface area contributed by atoms with E-state index >= 15 is 0 Å². The van der Waals surface area contributed by atoms with Crippen LogP contribution in [0.2, 0.25) is 0 Å². The van der Waals surface area contributed by atoms with E-state index in [0.29, 0.717) is 5.56 Å². The topological polar surface area (TPSA) is 72.2 Å². The largest absolute Gasteiger partial charge is 0.320 e. The van der Waals surface area contributed by atoms with Crippen LogP contribution in [0.3, 0.4) is 0 Å². The average molecular weight is 256 g/mol. The van der Waals surface area contributed by atoms with E-state index in [0.717, 1.165) is 5.56 Å². The van der Waals surface area contributed by atoms with Crippen molar-refractivity contribution in [2.24, 2.45) is 0 Å². The molecule has 0 fully saturated rings. The van der Waals surface area contributed by atoms with Gasteiger partial charge in [-0.15, -0.1) is 0 Å². The summed E-state index contributed by atoms with van der Waals surface area (Å²) in [7, 11) is 0. The van der Waals surface area contributed by atoms with Crippen LogP contribution in [0.25, 0.3) is 11.1 Å². The van der Waals surface area contributed by atoms with Crippen molar-refractivity contribution in [1.29, 1.82) is 0 Å². The van der Waals surface area contributed by atoms with E-state index in [9.17, 15) is 14.9 Å². The molecule has 19 heavy (non-hydrogen) atoms. The Balaban J connectivity index is 2.63. The third-order valence-corrected chi connectivity index (χ3v) is 2.62. The number of hydrogen-bond donors (Lipinski definition) is 1. The molecule has 0 aromatic heterocycles. The molecule has 0 aliphatic carbocycles. The van der Waals surface area contributed by atoms with E-state index in [4.69, 9.17) is 0 Å². The molecule has 2 aromatic rings. The number of carbonyl (C=O) groups excluding carboxylic acids is 1. The molecular formula is C14H12N2O3. The zero-order valence-corrected chi connectivity index (χ0v) is 10.3. The molecule has 0 unspecified atom stereocenters. The summed E-state index contributed by atoms with van der Waals surface area (Å²) in [6.45, 7) is 1.32. The van der Waals surface area contributed by atoms with Gasteiger partial charge in [-0.3, -0.25) is 14.9 Å². The summed E-state index contributed by atoms with van der Waals surface area (Å²) in [5, 5.41) is 13.6. The molecule has 1 amide bonds. The van der Waals surface area contributed by atoms with Crippen molar-refractivity contribution in [3.05, 3.63) is 58.6 Å². The molecule has 2 rings (SSSR count). The molecule has 0 radical (unpaired) electrons. The number of nitro groups is 1. The second-order valence-electron chi connectivity index (χ2n) is 4.00. The highest BCUT2D eigenvalue weighted by molar-refractivity contribution is 5.97. The number of rotatable bonds is 3.